The van der Waals surface area contributed by atoms with Crippen LogP contribution in [0.4, 0.5) is 4.39 Å². The van der Waals surface area contributed by atoms with Crippen LogP contribution in [0, 0.1) is 5.82 Å². The zero-order valence-corrected chi connectivity index (χ0v) is 13.5. The van der Waals surface area contributed by atoms with Gasteiger partial charge in [-0.15, -0.1) is 11.3 Å². The van der Waals surface area contributed by atoms with Gasteiger partial charge in [-0.25, -0.2) is 9.37 Å². The highest BCUT2D eigenvalue weighted by Crippen LogP contribution is 2.26. The van der Waals surface area contributed by atoms with Gasteiger partial charge in [-0.2, -0.15) is 0 Å². The molecule has 0 aliphatic heterocycles. The van der Waals surface area contributed by atoms with Crippen LogP contribution in [-0.2, 0) is 11.2 Å². The van der Waals surface area contributed by atoms with Gasteiger partial charge in [0.2, 0.25) is 0 Å². The van der Waals surface area contributed by atoms with Gasteiger partial charge in [0.25, 0.3) is 0 Å². The van der Waals surface area contributed by atoms with Crippen LogP contribution in [-0.4, -0.2) is 16.1 Å². The van der Waals surface area contributed by atoms with Crippen LogP contribution in [0.2, 0.25) is 0 Å². The fourth-order valence-corrected chi connectivity index (χ4v) is 3.13. The molecular weight excluding hydrogens is 325 g/mol. The molecule has 0 fully saturated rings. The van der Waals surface area contributed by atoms with Crippen molar-refractivity contribution in [3.8, 4) is 10.6 Å². The van der Waals surface area contributed by atoms with Crippen molar-refractivity contribution in [2.75, 3.05) is 0 Å². The van der Waals surface area contributed by atoms with Crippen LogP contribution in [0.1, 0.15) is 16.8 Å². The third-order valence-corrected chi connectivity index (χ3v) is 4.35. The van der Waals surface area contributed by atoms with E-state index >= 15 is 0 Å². The molecule has 2 aromatic carbocycles. The van der Waals surface area contributed by atoms with E-state index in [4.69, 9.17) is 5.11 Å². The summed E-state index contributed by atoms with van der Waals surface area (Å²) < 4.78 is 13.8. The third-order valence-electron chi connectivity index (χ3n) is 3.46. The molecule has 3 nitrogen and oxygen atoms in total. The summed E-state index contributed by atoms with van der Waals surface area (Å²) >= 11 is 1.37. The first-order chi connectivity index (χ1) is 11.6. The minimum absolute atomic E-state index is 0.0297. The number of thiazole rings is 1. The number of nitrogens with zero attached hydrogens (tertiary/aromatic N) is 1. The second-order valence-corrected chi connectivity index (χ2v) is 6.02. The Hall–Kier alpha value is -2.79. The van der Waals surface area contributed by atoms with Crippen molar-refractivity contribution in [1.29, 1.82) is 0 Å². The van der Waals surface area contributed by atoms with E-state index in [1.807, 2.05) is 35.7 Å². The van der Waals surface area contributed by atoms with Crippen LogP contribution >= 0.6 is 11.3 Å². The van der Waals surface area contributed by atoms with E-state index in [0.717, 1.165) is 11.1 Å². The highest BCUT2D eigenvalue weighted by Gasteiger charge is 2.08. The first-order valence-corrected chi connectivity index (χ1v) is 8.19. The van der Waals surface area contributed by atoms with Gasteiger partial charge in [-0.05, 0) is 29.3 Å². The van der Waals surface area contributed by atoms with Gasteiger partial charge < -0.3 is 5.11 Å². The number of carboxylic acids is 1. The summed E-state index contributed by atoms with van der Waals surface area (Å²) in [6.07, 6.45) is 3.61. The highest BCUT2D eigenvalue weighted by molar-refractivity contribution is 7.13. The molecule has 0 unspecified atom stereocenters. The second-order valence-electron chi connectivity index (χ2n) is 5.16. The quantitative estimate of drug-likeness (QED) is 0.730. The van der Waals surface area contributed by atoms with E-state index in [2.05, 4.69) is 4.98 Å². The standard InChI is InChI=1S/C19H14FNO2S/c20-17-8-4-3-7-16(17)19-21-15(12-24-19)10-9-13-5-1-2-6-14(13)11-18(22)23/h1-10,12H,11H2,(H,22,23)/b10-9+. The lowest BCUT2D eigenvalue weighted by molar-refractivity contribution is -0.136. The molecule has 0 amide bonds. The van der Waals surface area contributed by atoms with Crippen molar-refractivity contribution in [2.24, 2.45) is 0 Å². The zero-order chi connectivity index (χ0) is 16.9. The average molecular weight is 339 g/mol. The first kappa shape index (κ1) is 16.1. The highest BCUT2D eigenvalue weighted by atomic mass is 32.1. The van der Waals surface area contributed by atoms with Gasteiger partial charge >= 0.3 is 5.97 Å². The van der Waals surface area contributed by atoms with E-state index in [0.29, 0.717) is 16.3 Å². The monoisotopic (exact) mass is 339 g/mol. The van der Waals surface area contributed by atoms with Crippen LogP contribution in [0.5, 0.6) is 0 Å². The number of hydrogen-bond acceptors (Lipinski definition) is 3. The van der Waals surface area contributed by atoms with Crippen molar-refractivity contribution in [3.63, 3.8) is 0 Å². The number of rotatable bonds is 5. The molecule has 0 saturated heterocycles. The van der Waals surface area contributed by atoms with Crippen molar-refractivity contribution < 1.29 is 14.3 Å². The summed E-state index contributed by atoms with van der Waals surface area (Å²) in [5.74, 6) is -1.17. The number of hydrogen-bond donors (Lipinski definition) is 1. The maximum absolute atomic E-state index is 13.8. The van der Waals surface area contributed by atoms with Gasteiger partial charge in [0.1, 0.15) is 10.8 Å². The number of aliphatic carboxylic acids is 1. The van der Waals surface area contributed by atoms with Gasteiger partial charge in [0.05, 0.1) is 12.1 Å². The molecule has 0 aliphatic carbocycles. The predicted octanol–water partition coefficient (Wildman–Crippen LogP) is 4.75. The molecule has 0 atom stereocenters. The van der Waals surface area contributed by atoms with Gasteiger partial charge in [0.15, 0.2) is 0 Å². The largest absolute Gasteiger partial charge is 0.481 e. The van der Waals surface area contributed by atoms with Crippen molar-refractivity contribution in [3.05, 3.63) is 76.5 Å². The Morgan fingerprint density at radius 2 is 1.88 bits per heavy atom. The molecule has 5 heteroatoms. The molecule has 0 saturated carbocycles. The van der Waals surface area contributed by atoms with Crippen molar-refractivity contribution in [1.82, 2.24) is 4.98 Å². The fraction of sp³-hybridized carbons (Fsp3) is 0.0526. The van der Waals surface area contributed by atoms with Gasteiger partial charge in [-0.3, -0.25) is 4.79 Å². The summed E-state index contributed by atoms with van der Waals surface area (Å²) in [4.78, 5) is 15.3. The summed E-state index contributed by atoms with van der Waals surface area (Å²) in [6, 6.07) is 13.9. The summed E-state index contributed by atoms with van der Waals surface area (Å²) in [7, 11) is 0. The predicted molar refractivity (Wildman–Crippen MR) is 94.2 cm³/mol. The average Bonchev–Trinajstić information content (AvgIpc) is 3.03. The summed E-state index contributed by atoms with van der Waals surface area (Å²) in [5, 5.41) is 11.4. The molecule has 3 aromatic rings. The maximum Gasteiger partial charge on any atom is 0.307 e. The molecule has 0 radical (unpaired) electrons. The molecule has 0 spiro atoms. The van der Waals surface area contributed by atoms with E-state index < -0.39 is 5.97 Å². The van der Waals surface area contributed by atoms with E-state index in [1.54, 1.807) is 24.3 Å². The first-order valence-electron chi connectivity index (χ1n) is 7.31. The normalized spacial score (nSPS) is 11.0. The Morgan fingerprint density at radius 3 is 2.67 bits per heavy atom. The number of carbonyl (C=O) groups is 1. The molecular formula is C19H14FNO2S. The molecule has 0 aliphatic rings. The maximum atomic E-state index is 13.8. The SMILES string of the molecule is O=C(O)Cc1ccccc1/C=C/c1csc(-c2ccccc2F)n1. The zero-order valence-electron chi connectivity index (χ0n) is 12.6. The lowest BCUT2D eigenvalue weighted by atomic mass is 10.0. The number of aromatic nitrogens is 1. The van der Waals surface area contributed by atoms with Gasteiger partial charge in [-0.1, -0.05) is 42.5 Å². The fourth-order valence-electron chi connectivity index (χ4n) is 2.32. The Balaban J connectivity index is 1.84. The molecule has 1 heterocycles. The summed E-state index contributed by atoms with van der Waals surface area (Å²) in [5.41, 5.74) is 2.77. The second kappa shape index (κ2) is 7.19. The smallest absolute Gasteiger partial charge is 0.307 e. The number of halogens is 1. The molecule has 1 N–H and O–H groups in total. The molecule has 3 rings (SSSR count). The lowest BCUT2D eigenvalue weighted by Gasteiger charge is -2.02. The third kappa shape index (κ3) is 3.75. The minimum atomic E-state index is -0.869. The van der Waals surface area contributed by atoms with Crippen LogP contribution in [0.3, 0.4) is 0 Å². The van der Waals surface area contributed by atoms with E-state index in [9.17, 15) is 9.18 Å². The number of benzene rings is 2. The van der Waals surface area contributed by atoms with Crippen LogP contribution < -0.4 is 0 Å². The topological polar surface area (TPSA) is 50.2 Å². The van der Waals surface area contributed by atoms with Crippen LogP contribution in [0.25, 0.3) is 22.7 Å². The lowest BCUT2D eigenvalue weighted by Crippen LogP contribution is -2.01. The molecule has 1 aromatic heterocycles. The summed E-state index contributed by atoms with van der Waals surface area (Å²) in [6.45, 7) is 0. The van der Waals surface area contributed by atoms with Crippen molar-refractivity contribution >= 4 is 29.5 Å². The Kier molecular flexibility index (Phi) is 4.82. The van der Waals surface area contributed by atoms with E-state index in [-0.39, 0.29) is 12.2 Å². The van der Waals surface area contributed by atoms with Crippen LogP contribution in [0.15, 0.2) is 53.9 Å². The minimum Gasteiger partial charge on any atom is -0.481 e. The van der Waals surface area contributed by atoms with Gasteiger partial charge in [0, 0.05) is 10.9 Å². The van der Waals surface area contributed by atoms with Crippen molar-refractivity contribution in [2.45, 2.75) is 6.42 Å². The Bertz CT molecular complexity index is 902. The number of carboxylic acid groups (broad SMARTS) is 1. The molecule has 120 valence electrons. The molecule has 24 heavy (non-hydrogen) atoms. The molecule has 0 bridgehead atoms. The Labute approximate surface area is 142 Å². The Morgan fingerprint density at radius 1 is 1.12 bits per heavy atom. The van der Waals surface area contributed by atoms with E-state index in [1.165, 1.54) is 17.4 Å².